The van der Waals surface area contributed by atoms with Gasteiger partial charge in [-0.25, -0.2) is 9.78 Å². The molecule has 0 unspecified atom stereocenters. The van der Waals surface area contributed by atoms with Crippen molar-refractivity contribution >= 4 is 23.5 Å². The van der Waals surface area contributed by atoms with E-state index in [1.54, 1.807) is 12.1 Å². The molecule has 2 rings (SSSR count). The average molecular weight is 308 g/mol. The fourth-order valence-corrected chi connectivity index (χ4v) is 3.53. The van der Waals surface area contributed by atoms with Crippen LogP contribution in [0.2, 0.25) is 0 Å². The number of hydrogen-bond donors (Lipinski definition) is 2. The molecule has 0 saturated carbocycles. The van der Waals surface area contributed by atoms with Crippen molar-refractivity contribution in [3.05, 3.63) is 23.4 Å². The lowest BCUT2D eigenvalue weighted by Crippen LogP contribution is -2.21. The number of hydrogen-bond acceptors (Lipinski definition) is 4. The van der Waals surface area contributed by atoms with Gasteiger partial charge in [-0.3, -0.25) is 0 Å². The maximum absolute atomic E-state index is 11.3. The first-order valence-corrected chi connectivity index (χ1v) is 8.59. The van der Waals surface area contributed by atoms with Crippen molar-refractivity contribution in [1.82, 2.24) is 4.98 Å². The molecule has 116 valence electrons. The van der Waals surface area contributed by atoms with Gasteiger partial charge >= 0.3 is 5.97 Å². The molecule has 1 saturated heterocycles. The standard InChI is InChI=1S/C16H24N2O2S/c1-16(2,3)13-8-12(15(19)20)9-14(18-13)17-10-11-4-6-21-7-5-11/h8-9,11H,4-7,10H2,1-3H3,(H,17,18)(H,19,20). The van der Waals surface area contributed by atoms with E-state index in [4.69, 9.17) is 0 Å². The highest BCUT2D eigenvalue weighted by molar-refractivity contribution is 7.99. The van der Waals surface area contributed by atoms with Crippen molar-refractivity contribution in [2.75, 3.05) is 23.4 Å². The van der Waals surface area contributed by atoms with Crippen molar-refractivity contribution in [3.8, 4) is 0 Å². The van der Waals surface area contributed by atoms with Gasteiger partial charge in [0, 0.05) is 17.7 Å². The molecule has 0 amide bonds. The van der Waals surface area contributed by atoms with Gasteiger partial charge in [0.2, 0.25) is 0 Å². The maximum atomic E-state index is 11.3. The molecule has 1 fully saturated rings. The van der Waals surface area contributed by atoms with Crippen LogP contribution < -0.4 is 5.32 Å². The van der Waals surface area contributed by atoms with Gasteiger partial charge in [-0.15, -0.1) is 0 Å². The van der Waals surface area contributed by atoms with Crippen LogP contribution in [0.1, 0.15) is 49.7 Å². The third kappa shape index (κ3) is 4.63. The van der Waals surface area contributed by atoms with Crippen LogP contribution in [0.25, 0.3) is 0 Å². The van der Waals surface area contributed by atoms with Gasteiger partial charge in [-0.1, -0.05) is 20.8 Å². The van der Waals surface area contributed by atoms with Crippen LogP contribution >= 0.6 is 11.8 Å². The minimum Gasteiger partial charge on any atom is -0.478 e. The van der Waals surface area contributed by atoms with E-state index < -0.39 is 5.97 Å². The molecular formula is C16H24N2O2S. The summed E-state index contributed by atoms with van der Waals surface area (Å²) in [6.07, 6.45) is 2.45. The largest absolute Gasteiger partial charge is 0.478 e. The van der Waals surface area contributed by atoms with Gasteiger partial charge in [0.1, 0.15) is 5.82 Å². The molecule has 0 radical (unpaired) electrons. The highest BCUT2D eigenvalue weighted by Gasteiger charge is 2.20. The van der Waals surface area contributed by atoms with E-state index in [-0.39, 0.29) is 5.41 Å². The SMILES string of the molecule is CC(C)(C)c1cc(C(=O)O)cc(NCC2CCSCC2)n1. The predicted octanol–water partition coefficient (Wildman–Crippen LogP) is 3.63. The molecule has 1 aliphatic heterocycles. The quantitative estimate of drug-likeness (QED) is 0.889. The van der Waals surface area contributed by atoms with E-state index in [0.717, 1.165) is 12.2 Å². The van der Waals surface area contributed by atoms with Gasteiger partial charge in [-0.2, -0.15) is 11.8 Å². The molecule has 21 heavy (non-hydrogen) atoms. The molecule has 4 nitrogen and oxygen atoms in total. The van der Waals surface area contributed by atoms with E-state index in [9.17, 15) is 9.90 Å². The number of carboxylic acids is 1. The van der Waals surface area contributed by atoms with Crippen LogP contribution in [0.4, 0.5) is 5.82 Å². The molecule has 5 heteroatoms. The Hall–Kier alpha value is -1.23. The molecule has 0 aliphatic carbocycles. The van der Waals surface area contributed by atoms with Crippen molar-refractivity contribution in [2.24, 2.45) is 5.92 Å². The van der Waals surface area contributed by atoms with Crippen LogP contribution in [-0.4, -0.2) is 34.1 Å². The Morgan fingerprint density at radius 3 is 2.62 bits per heavy atom. The summed E-state index contributed by atoms with van der Waals surface area (Å²) in [5, 5.41) is 12.6. The average Bonchev–Trinajstić information content (AvgIpc) is 2.45. The van der Waals surface area contributed by atoms with Crippen molar-refractivity contribution in [2.45, 2.75) is 39.0 Å². The molecule has 1 aliphatic rings. The van der Waals surface area contributed by atoms with E-state index in [0.29, 0.717) is 17.3 Å². The van der Waals surface area contributed by atoms with Crippen molar-refractivity contribution in [1.29, 1.82) is 0 Å². The fourth-order valence-electron chi connectivity index (χ4n) is 2.33. The second-order valence-electron chi connectivity index (χ2n) is 6.62. The van der Waals surface area contributed by atoms with Gasteiger partial charge in [0.25, 0.3) is 0 Å². The molecule has 0 bridgehead atoms. The summed E-state index contributed by atoms with van der Waals surface area (Å²) >= 11 is 2.01. The zero-order valence-electron chi connectivity index (χ0n) is 13.0. The lowest BCUT2D eigenvalue weighted by molar-refractivity contribution is 0.0696. The van der Waals surface area contributed by atoms with Crippen molar-refractivity contribution in [3.63, 3.8) is 0 Å². The number of pyridine rings is 1. The molecule has 0 aromatic carbocycles. The summed E-state index contributed by atoms with van der Waals surface area (Å²) in [6, 6.07) is 3.31. The summed E-state index contributed by atoms with van der Waals surface area (Å²) in [5.74, 6) is 2.89. The van der Waals surface area contributed by atoms with Crippen LogP contribution in [0.5, 0.6) is 0 Å². The summed E-state index contributed by atoms with van der Waals surface area (Å²) in [5.41, 5.74) is 0.948. The van der Waals surface area contributed by atoms with Crippen LogP contribution in [-0.2, 0) is 5.41 Å². The Labute approximate surface area is 130 Å². The van der Waals surface area contributed by atoms with Crippen molar-refractivity contribution < 1.29 is 9.90 Å². The number of nitrogens with one attached hydrogen (secondary N) is 1. The van der Waals surface area contributed by atoms with Crippen LogP contribution in [0, 0.1) is 5.92 Å². The smallest absolute Gasteiger partial charge is 0.335 e. The minimum atomic E-state index is -0.903. The second-order valence-corrected chi connectivity index (χ2v) is 7.84. The number of carboxylic acid groups (broad SMARTS) is 1. The van der Waals surface area contributed by atoms with Gasteiger partial charge in [0.05, 0.1) is 5.56 Å². The monoisotopic (exact) mass is 308 g/mol. The molecule has 2 heterocycles. The number of aromatic nitrogens is 1. The number of nitrogens with zero attached hydrogens (tertiary/aromatic N) is 1. The highest BCUT2D eigenvalue weighted by atomic mass is 32.2. The Balaban J connectivity index is 2.13. The Kier molecular flexibility index (Phi) is 5.14. The Morgan fingerprint density at radius 1 is 1.38 bits per heavy atom. The lowest BCUT2D eigenvalue weighted by Gasteiger charge is -2.23. The summed E-state index contributed by atoms with van der Waals surface area (Å²) in [4.78, 5) is 15.9. The molecule has 1 aromatic heterocycles. The van der Waals surface area contributed by atoms with E-state index in [1.807, 2.05) is 32.5 Å². The number of anilines is 1. The maximum Gasteiger partial charge on any atom is 0.335 e. The van der Waals surface area contributed by atoms with Crippen LogP contribution in [0.15, 0.2) is 12.1 Å². The zero-order valence-corrected chi connectivity index (χ0v) is 13.8. The predicted molar refractivity (Wildman–Crippen MR) is 88.4 cm³/mol. The lowest BCUT2D eigenvalue weighted by atomic mass is 9.90. The minimum absolute atomic E-state index is 0.163. The molecule has 0 spiro atoms. The molecule has 0 atom stereocenters. The zero-order chi connectivity index (χ0) is 15.5. The number of carbonyl (C=O) groups is 1. The first-order valence-electron chi connectivity index (χ1n) is 7.44. The summed E-state index contributed by atoms with van der Waals surface area (Å²) in [7, 11) is 0. The van der Waals surface area contributed by atoms with E-state index in [2.05, 4.69) is 10.3 Å². The van der Waals surface area contributed by atoms with Gasteiger partial charge in [0.15, 0.2) is 0 Å². The van der Waals surface area contributed by atoms with Crippen LogP contribution in [0.3, 0.4) is 0 Å². The molecule has 1 aromatic rings. The topological polar surface area (TPSA) is 62.2 Å². The highest BCUT2D eigenvalue weighted by Crippen LogP contribution is 2.25. The van der Waals surface area contributed by atoms with E-state index >= 15 is 0 Å². The number of rotatable bonds is 4. The molecular weight excluding hydrogens is 284 g/mol. The third-order valence-electron chi connectivity index (χ3n) is 3.75. The Bertz CT molecular complexity index is 505. The van der Waals surface area contributed by atoms with Gasteiger partial charge < -0.3 is 10.4 Å². The third-order valence-corrected chi connectivity index (χ3v) is 4.80. The Morgan fingerprint density at radius 2 is 2.05 bits per heavy atom. The first kappa shape index (κ1) is 16.1. The summed E-state index contributed by atoms with van der Waals surface area (Å²) in [6.45, 7) is 7.01. The fraction of sp³-hybridized carbons (Fsp3) is 0.625. The summed E-state index contributed by atoms with van der Waals surface area (Å²) < 4.78 is 0. The number of aromatic carboxylic acids is 1. The first-order chi connectivity index (χ1) is 9.86. The number of thioether (sulfide) groups is 1. The van der Waals surface area contributed by atoms with Gasteiger partial charge in [-0.05, 0) is 42.4 Å². The normalized spacial score (nSPS) is 16.7. The molecule has 2 N–H and O–H groups in total. The van der Waals surface area contributed by atoms with E-state index in [1.165, 1.54) is 24.3 Å². The second kappa shape index (κ2) is 6.69.